The van der Waals surface area contributed by atoms with Crippen molar-refractivity contribution in [1.82, 2.24) is 5.32 Å². The van der Waals surface area contributed by atoms with Gasteiger partial charge in [0.1, 0.15) is 5.75 Å². The Balaban J connectivity index is 1.91. The Hall–Kier alpha value is -1.04. The first-order chi connectivity index (χ1) is 8.66. The molecule has 0 spiro atoms. The molecule has 1 amide bonds. The van der Waals surface area contributed by atoms with E-state index in [1.807, 2.05) is 22.6 Å². The smallest absolute Gasteiger partial charge is 0.251 e. The van der Waals surface area contributed by atoms with Gasteiger partial charge in [0.2, 0.25) is 0 Å². The fourth-order valence-corrected chi connectivity index (χ4v) is 2.37. The van der Waals surface area contributed by atoms with Crippen LogP contribution in [0.3, 0.4) is 0 Å². The average Bonchev–Trinajstić information content (AvgIpc) is 2.40. The van der Waals surface area contributed by atoms with Crippen molar-refractivity contribution in [2.45, 2.75) is 19.3 Å². The summed E-state index contributed by atoms with van der Waals surface area (Å²) in [4.78, 5) is 11.9. The first-order valence-corrected chi connectivity index (χ1v) is 7.16. The minimum absolute atomic E-state index is 0.115. The summed E-state index contributed by atoms with van der Waals surface area (Å²) < 4.78 is 0.751. The molecule has 0 saturated carbocycles. The first-order valence-electron chi connectivity index (χ1n) is 6.08. The lowest BCUT2D eigenvalue weighted by molar-refractivity contribution is 0.0946. The molecule has 4 heteroatoms. The highest BCUT2D eigenvalue weighted by Crippen LogP contribution is 2.21. The molecule has 0 saturated heterocycles. The Bertz CT molecular complexity index is 471. The number of amides is 1. The Morgan fingerprint density at radius 1 is 1.44 bits per heavy atom. The maximum Gasteiger partial charge on any atom is 0.251 e. The molecule has 0 fully saturated rings. The zero-order valence-electron chi connectivity index (χ0n) is 10.0. The molecule has 0 aliphatic heterocycles. The molecule has 2 rings (SSSR count). The zero-order valence-corrected chi connectivity index (χ0v) is 12.2. The van der Waals surface area contributed by atoms with Crippen molar-refractivity contribution < 1.29 is 9.90 Å². The van der Waals surface area contributed by atoms with Crippen LogP contribution in [0, 0.1) is 9.49 Å². The van der Waals surface area contributed by atoms with Crippen LogP contribution < -0.4 is 5.32 Å². The van der Waals surface area contributed by atoms with Crippen molar-refractivity contribution in [3.05, 3.63) is 39.5 Å². The lowest BCUT2D eigenvalue weighted by Crippen LogP contribution is -2.29. The van der Waals surface area contributed by atoms with Crippen molar-refractivity contribution in [2.24, 2.45) is 5.92 Å². The number of halogens is 1. The highest BCUT2D eigenvalue weighted by atomic mass is 127. The van der Waals surface area contributed by atoms with Gasteiger partial charge < -0.3 is 10.4 Å². The van der Waals surface area contributed by atoms with Gasteiger partial charge in [-0.05, 0) is 66.0 Å². The fraction of sp³-hybridized carbons (Fsp3) is 0.357. The van der Waals surface area contributed by atoms with Crippen molar-refractivity contribution in [1.29, 1.82) is 0 Å². The van der Waals surface area contributed by atoms with Crippen LogP contribution in [0.25, 0.3) is 0 Å². The van der Waals surface area contributed by atoms with Crippen LogP contribution >= 0.6 is 22.6 Å². The molecule has 96 valence electrons. The zero-order chi connectivity index (χ0) is 13.0. The Morgan fingerprint density at radius 3 is 2.94 bits per heavy atom. The number of allylic oxidation sites excluding steroid dienone is 2. The van der Waals surface area contributed by atoms with Crippen LogP contribution in [0.4, 0.5) is 0 Å². The quantitative estimate of drug-likeness (QED) is 0.645. The topological polar surface area (TPSA) is 49.3 Å². The summed E-state index contributed by atoms with van der Waals surface area (Å²) >= 11 is 2.03. The predicted molar refractivity (Wildman–Crippen MR) is 79.6 cm³/mol. The monoisotopic (exact) mass is 357 g/mol. The number of carbonyl (C=O) groups is 1. The highest BCUT2D eigenvalue weighted by Gasteiger charge is 2.13. The van der Waals surface area contributed by atoms with Crippen LogP contribution in [0.15, 0.2) is 30.4 Å². The number of aromatic hydroxyl groups is 1. The number of nitrogens with one attached hydrogen (secondary N) is 1. The molecule has 0 heterocycles. The van der Waals surface area contributed by atoms with Crippen molar-refractivity contribution in [3.8, 4) is 5.75 Å². The van der Waals surface area contributed by atoms with Gasteiger partial charge in [0, 0.05) is 12.1 Å². The van der Waals surface area contributed by atoms with Gasteiger partial charge in [-0.2, -0.15) is 0 Å². The van der Waals surface area contributed by atoms with E-state index in [1.165, 1.54) is 6.07 Å². The number of phenols is 1. The lowest BCUT2D eigenvalue weighted by Gasteiger charge is -2.18. The predicted octanol–water partition coefficient (Wildman–Crippen LogP) is 3.08. The molecule has 1 atom stereocenters. The standard InChI is InChI=1S/C14H16INO2/c15-12-7-6-11(8-13(12)17)14(18)16-9-10-4-2-1-3-5-10/h1-2,6-8,10,17H,3-5,9H2,(H,16,18). The van der Waals surface area contributed by atoms with Gasteiger partial charge in [-0.15, -0.1) is 0 Å². The van der Waals surface area contributed by atoms with Gasteiger partial charge >= 0.3 is 0 Å². The third kappa shape index (κ3) is 3.48. The summed E-state index contributed by atoms with van der Waals surface area (Å²) in [7, 11) is 0. The molecule has 3 nitrogen and oxygen atoms in total. The second-order valence-corrected chi connectivity index (χ2v) is 5.69. The van der Waals surface area contributed by atoms with Crippen molar-refractivity contribution in [3.63, 3.8) is 0 Å². The number of rotatable bonds is 3. The van der Waals surface area contributed by atoms with E-state index in [2.05, 4.69) is 17.5 Å². The Labute approximate surface area is 120 Å². The summed E-state index contributed by atoms with van der Waals surface area (Å²) in [6.45, 7) is 0.704. The van der Waals surface area contributed by atoms with E-state index in [0.29, 0.717) is 18.0 Å². The highest BCUT2D eigenvalue weighted by molar-refractivity contribution is 14.1. The van der Waals surface area contributed by atoms with Crippen LogP contribution in [0.5, 0.6) is 5.75 Å². The molecule has 0 radical (unpaired) electrons. The number of benzene rings is 1. The molecule has 1 aliphatic rings. The van der Waals surface area contributed by atoms with Gasteiger partial charge in [0.25, 0.3) is 5.91 Å². The van der Waals surface area contributed by atoms with E-state index in [4.69, 9.17) is 0 Å². The minimum atomic E-state index is -0.115. The van der Waals surface area contributed by atoms with Crippen LogP contribution in [0.1, 0.15) is 29.6 Å². The van der Waals surface area contributed by atoms with Gasteiger partial charge in [0.05, 0.1) is 3.57 Å². The van der Waals surface area contributed by atoms with Gasteiger partial charge in [-0.1, -0.05) is 12.2 Å². The molecule has 1 aromatic rings. The average molecular weight is 357 g/mol. The molecule has 2 N–H and O–H groups in total. The summed E-state index contributed by atoms with van der Waals surface area (Å²) in [6, 6.07) is 4.99. The van der Waals surface area contributed by atoms with Crippen LogP contribution in [0.2, 0.25) is 0 Å². The first kappa shape index (κ1) is 13.4. The van der Waals surface area contributed by atoms with Crippen molar-refractivity contribution >= 4 is 28.5 Å². The van der Waals surface area contributed by atoms with Crippen molar-refractivity contribution in [2.75, 3.05) is 6.54 Å². The van der Waals surface area contributed by atoms with Crippen LogP contribution in [-0.4, -0.2) is 17.6 Å². The molecule has 0 bridgehead atoms. The number of hydrogen-bond acceptors (Lipinski definition) is 2. The largest absolute Gasteiger partial charge is 0.507 e. The molecule has 1 aromatic carbocycles. The maximum atomic E-state index is 11.9. The van der Waals surface area contributed by atoms with E-state index in [1.54, 1.807) is 12.1 Å². The van der Waals surface area contributed by atoms with Gasteiger partial charge in [0.15, 0.2) is 0 Å². The normalized spacial score (nSPS) is 18.6. The molecule has 0 aromatic heterocycles. The second kappa shape index (κ2) is 6.22. The fourth-order valence-electron chi connectivity index (χ4n) is 2.03. The van der Waals surface area contributed by atoms with E-state index in [-0.39, 0.29) is 11.7 Å². The number of carbonyl (C=O) groups excluding carboxylic acids is 1. The second-order valence-electron chi connectivity index (χ2n) is 4.53. The number of hydrogen-bond donors (Lipinski definition) is 2. The summed E-state index contributed by atoms with van der Waals surface area (Å²) in [5.41, 5.74) is 0.513. The Morgan fingerprint density at radius 2 is 2.28 bits per heavy atom. The summed E-state index contributed by atoms with van der Waals surface area (Å²) in [6.07, 6.45) is 7.64. The molecule has 18 heavy (non-hydrogen) atoms. The van der Waals surface area contributed by atoms with E-state index in [0.717, 1.165) is 22.8 Å². The summed E-state index contributed by atoms with van der Waals surface area (Å²) in [5.74, 6) is 0.580. The third-order valence-electron chi connectivity index (χ3n) is 3.14. The minimum Gasteiger partial charge on any atom is -0.507 e. The van der Waals surface area contributed by atoms with E-state index in [9.17, 15) is 9.90 Å². The third-order valence-corrected chi connectivity index (χ3v) is 4.05. The SMILES string of the molecule is O=C(NCC1CC=CCC1)c1ccc(I)c(O)c1. The molecular weight excluding hydrogens is 341 g/mol. The summed E-state index contributed by atoms with van der Waals surface area (Å²) in [5, 5.41) is 12.5. The van der Waals surface area contributed by atoms with E-state index >= 15 is 0 Å². The van der Waals surface area contributed by atoms with Crippen LogP contribution in [-0.2, 0) is 0 Å². The number of phenolic OH excluding ortho intramolecular Hbond substituents is 1. The molecular formula is C14H16INO2. The lowest BCUT2D eigenvalue weighted by atomic mass is 9.94. The molecule has 1 unspecified atom stereocenters. The maximum absolute atomic E-state index is 11.9. The van der Waals surface area contributed by atoms with E-state index < -0.39 is 0 Å². The van der Waals surface area contributed by atoms with Gasteiger partial charge in [-0.3, -0.25) is 4.79 Å². The van der Waals surface area contributed by atoms with Gasteiger partial charge in [-0.25, -0.2) is 0 Å². The molecule has 1 aliphatic carbocycles. The Kier molecular flexibility index (Phi) is 4.63.